The van der Waals surface area contributed by atoms with Gasteiger partial charge in [-0.3, -0.25) is 0 Å². The summed E-state index contributed by atoms with van der Waals surface area (Å²) in [6.45, 7) is 1.89. The molecule has 0 aliphatic heterocycles. The lowest BCUT2D eigenvalue weighted by Gasteiger charge is -2.04. The number of aryl methyl sites for hydroxylation is 1. The van der Waals surface area contributed by atoms with Crippen LogP contribution in [0.4, 0.5) is 5.69 Å². The van der Waals surface area contributed by atoms with Gasteiger partial charge in [-0.05, 0) is 31.2 Å². The first-order valence-electron chi connectivity index (χ1n) is 4.28. The second-order valence-electron chi connectivity index (χ2n) is 3.15. The van der Waals surface area contributed by atoms with Crippen molar-refractivity contribution in [3.05, 3.63) is 36.2 Å². The highest BCUT2D eigenvalue weighted by Crippen LogP contribution is 2.23. The molecular weight excluding hydrogens is 178 g/mol. The predicted molar refractivity (Wildman–Crippen MR) is 54.4 cm³/mol. The van der Waals surface area contributed by atoms with Crippen molar-refractivity contribution in [2.75, 3.05) is 5.73 Å². The molecule has 1 heterocycles. The molecule has 4 nitrogen and oxygen atoms in total. The van der Waals surface area contributed by atoms with Gasteiger partial charge in [0.1, 0.15) is 11.4 Å². The van der Waals surface area contributed by atoms with Crippen LogP contribution in [-0.2, 0) is 0 Å². The molecule has 2 rings (SSSR count). The number of aromatic nitrogens is 2. The van der Waals surface area contributed by atoms with Crippen LogP contribution in [0.3, 0.4) is 0 Å². The molecule has 0 radical (unpaired) electrons. The Bertz CT molecular complexity index is 462. The fraction of sp³-hybridized carbons (Fsp3) is 0.100. The summed E-state index contributed by atoms with van der Waals surface area (Å²) < 4.78 is 1.60. The van der Waals surface area contributed by atoms with Gasteiger partial charge in [0, 0.05) is 11.9 Å². The summed E-state index contributed by atoms with van der Waals surface area (Å²) in [5, 5.41) is 13.8. The average molecular weight is 189 g/mol. The van der Waals surface area contributed by atoms with Crippen LogP contribution < -0.4 is 5.73 Å². The third kappa shape index (κ3) is 1.42. The lowest BCUT2D eigenvalue weighted by molar-refractivity contribution is 0.470. The number of nitrogen functional groups attached to an aromatic ring is 1. The summed E-state index contributed by atoms with van der Waals surface area (Å²) in [5.41, 5.74) is 7.71. The standard InChI is InChI=1S/C10H11N3O/c1-7-4-5-13(12-7)9-6-8(11)2-3-10(9)14/h2-6,14H,11H2,1H3. The number of nitrogens with zero attached hydrogens (tertiary/aromatic N) is 2. The Morgan fingerprint density at radius 2 is 2.14 bits per heavy atom. The topological polar surface area (TPSA) is 64.1 Å². The number of hydrogen-bond acceptors (Lipinski definition) is 3. The quantitative estimate of drug-likeness (QED) is 0.527. The van der Waals surface area contributed by atoms with Gasteiger partial charge >= 0.3 is 0 Å². The lowest BCUT2D eigenvalue weighted by atomic mass is 10.2. The zero-order chi connectivity index (χ0) is 10.1. The Balaban J connectivity index is 2.55. The van der Waals surface area contributed by atoms with E-state index in [0.29, 0.717) is 11.4 Å². The van der Waals surface area contributed by atoms with E-state index in [-0.39, 0.29) is 5.75 Å². The zero-order valence-electron chi connectivity index (χ0n) is 7.81. The predicted octanol–water partition coefficient (Wildman–Crippen LogP) is 1.47. The number of phenolic OH excluding ortho intramolecular Hbond substituents is 1. The molecule has 3 N–H and O–H groups in total. The maximum Gasteiger partial charge on any atom is 0.141 e. The smallest absolute Gasteiger partial charge is 0.141 e. The SMILES string of the molecule is Cc1ccn(-c2cc(N)ccc2O)n1. The number of aromatic hydroxyl groups is 1. The Kier molecular flexibility index (Phi) is 1.89. The van der Waals surface area contributed by atoms with Gasteiger partial charge in [-0.15, -0.1) is 0 Å². The van der Waals surface area contributed by atoms with E-state index >= 15 is 0 Å². The molecule has 1 aromatic heterocycles. The fourth-order valence-electron chi connectivity index (χ4n) is 1.27. The summed E-state index contributed by atoms with van der Waals surface area (Å²) in [4.78, 5) is 0. The number of nitrogens with two attached hydrogens (primary N) is 1. The fourth-order valence-corrected chi connectivity index (χ4v) is 1.27. The van der Waals surface area contributed by atoms with Gasteiger partial charge in [0.15, 0.2) is 0 Å². The first-order chi connectivity index (χ1) is 6.66. The molecule has 2 aromatic rings. The molecule has 0 spiro atoms. The first-order valence-corrected chi connectivity index (χ1v) is 4.28. The molecule has 0 aliphatic carbocycles. The molecule has 14 heavy (non-hydrogen) atoms. The molecule has 72 valence electrons. The van der Waals surface area contributed by atoms with E-state index in [1.807, 2.05) is 13.0 Å². The highest BCUT2D eigenvalue weighted by Gasteiger charge is 2.04. The van der Waals surface area contributed by atoms with Crippen molar-refractivity contribution in [1.29, 1.82) is 0 Å². The maximum atomic E-state index is 9.58. The van der Waals surface area contributed by atoms with Crippen molar-refractivity contribution in [3.63, 3.8) is 0 Å². The molecule has 0 saturated carbocycles. The Labute approximate surface area is 81.6 Å². The van der Waals surface area contributed by atoms with Crippen molar-refractivity contribution in [3.8, 4) is 11.4 Å². The van der Waals surface area contributed by atoms with E-state index in [9.17, 15) is 5.11 Å². The second-order valence-corrected chi connectivity index (χ2v) is 3.15. The van der Waals surface area contributed by atoms with Gasteiger partial charge in [-0.1, -0.05) is 0 Å². The highest BCUT2D eigenvalue weighted by molar-refractivity contribution is 5.55. The summed E-state index contributed by atoms with van der Waals surface area (Å²) in [7, 11) is 0. The van der Waals surface area contributed by atoms with Crippen LogP contribution in [0.2, 0.25) is 0 Å². The van der Waals surface area contributed by atoms with Crippen LogP contribution in [0.5, 0.6) is 5.75 Å². The minimum atomic E-state index is 0.169. The molecule has 0 aliphatic rings. The van der Waals surface area contributed by atoms with E-state index in [0.717, 1.165) is 5.69 Å². The number of hydrogen-bond donors (Lipinski definition) is 2. The van der Waals surface area contributed by atoms with Gasteiger partial charge < -0.3 is 10.8 Å². The minimum Gasteiger partial charge on any atom is -0.506 e. The summed E-state index contributed by atoms with van der Waals surface area (Å²) in [6, 6.07) is 6.75. The first kappa shape index (κ1) is 8.62. The molecule has 4 heteroatoms. The molecule has 0 fully saturated rings. The third-order valence-corrected chi connectivity index (χ3v) is 1.97. The Hall–Kier alpha value is -1.97. The van der Waals surface area contributed by atoms with Gasteiger partial charge in [0.25, 0.3) is 0 Å². The lowest BCUT2D eigenvalue weighted by Crippen LogP contribution is -1.97. The van der Waals surface area contributed by atoms with Gasteiger partial charge in [0.2, 0.25) is 0 Å². The summed E-state index contributed by atoms with van der Waals surface area (Å²) in [5.74, 6) is 0.169. The molecule has 0 amide bonds. The van der Waals surface area contributed by atoms with Crippen LogP contribution in [0.1, 0.15) is 5.69 Å². The normalized spacial score (nSPS) is 10.4. The van der Waals surface area contributed by atoms with E-state index in [1.165, 1.54) is 0 Å². The highest BCUT2D eigenvalue weighted by atomic mass is 16.3. The van der Waals surface area contributed by atoms with Crippen molar-refractivity contribution >= 4 is 5.69 Å². The van der Waals surface area contributed by atoms with Crippen LogP contribution in [0, 0.1) is 6.92 Å². The number of rotatable bonds is 1. The van der Waals surface area contributed by atoms with Crippen LogP contribution in [0.15, 0.2) is 30.5 Å². The number of benzene rings is 1. The molecular formula is C10H11N3O. The van der Waals surface area contributed by atoms with Gasteiger partial charge in [0.05, 0.1) is 5.69 Å². The van der Waals surface area contributed by atoms with Gasteiger partial charge in [-0.2, -0.15) is 5.10 Å². The van der Waals surface area contributed by atoms with Crippen LogP contribution >= 0.6 is 0 Å². The minimum absolute atomic E-state index is 0.169. The second kappa shape index (κ2) is 3.06. The van der Waals surface area contributed by atoms with Crippen molar-refractivity contribution < 1.29 is 5.11 Å². The Morgan fingerprint density at radius 1 is 1.36 bits per heavy atom. The van der Waals surface area contributed by atoms with Crippen molar-refractivity contribution in [2.45, 2.75) is 6.92 Å². The van der Waals surface area contributed by atoms with Crippen molar-refractivity contribution in [1.82, 2.24) is 9.78 Å². The molecule has 0 atom stereocenters. The van der Waals surface area contributed by atoms with E-state index in [2.05, 4.69) is 5.10 Å². The molecule has 0 saturated heterocycles. The average Bonchev–Trinajstić information content (AvgIpc) is 2.56. The molecule has 0 unspecified atom stereocenters. The summed E-state index contributed by atoms with van der Waals surface area (Å²) in [6.07, 6.45) is 1.78. The number of anilines is 1. The summed E-state index contributed by atoms with van der Waals surface area (Å²) >= 11 is 0. The Morgan fingerprint density at radius 3 is 2.79 bits per heavy atom. The zero-order valence-corrected chi connectivity index (χ0v) is 7.81. The van der Waals surface area contributed by atoms with E-state index < -0.39 is 0 Å². The van der Waals surface area contributed by atoms with Crippen molar-refractivity contribution in [2.24, 2.45) is 0 Å². The van der Waals surface area contributed by atoms with E-state index in [1.54, 1.807) is 29.1 Å². The van der Waals surface area contributed by atoms with E-state index in [4.69, 9.17) is 5.73 Å². The van der Waals surface area contributed by atoms with Crippen LogP contribution in [0.25, 0.3) is 5.69 Å². The molecule has 0 bridgehead atoms. The third-order valence-electron chi connectivity index (χ3n) is 1.97. The monoisotopic (exact) mass is 189 g/mol. The molecule has 1 aromatic carbocycles. The maximum absolute atomic E-state index is 9.58. The van der Waals surface area contributed by atoms with Crippen LogP contribution in [-0.4, -0.2) is 14.9 Å². The van der Waals surface area contributed by atoms with Gasteiger partial charge in [-0.25, -0.2) is 4.68 Å². The number of phenols is 1. The largest absolute Gasteiger partial charge is 0.506 e.